The summed E-state index contributed by atoms with van der Waals surface area (Å²) in [5.41, 5.74) is 2.38. The Bertz CT molecular complexity index is 906. The molecule has 3 aromatic rings. The zero-order chi connectivity index (χ0) is 18.7. The fraction of sp³-hybridized carbons (Fsp3) is 0.167. The van der Waals surface area contributed by atoms with Gasteiger partial charge in [0.1, 0.15) is 5.82 Å². The maximum Gasteiger partial charge on any atom is 0.253 e. The van der Waals surface area contributed by atoms with Gasteiger partial charge in [0.2, 0.25) is 5.16 Å². The summed E-state index contributed by atoms with van der Waals surface area (Å²) in [6.45, 7) is 0. The van der Waals surface area contributed by atoms with Crippen LogP contribution in [0.4, 0.5) is 4.39 Å². The molecule has 0 aliphatic rings. The number of carbonyl (C=O) groups excluding carboxylic acids is 1. The summed E-state index contributed by atoms with van der Waals surface area (Å²) in [6.07, 6.45) is 0. The molecule has 0 spiro atoms. The van der Waals surface area contributed by atoms with Crippen molar-refractivity contribution in [1.82, 2.24) is 19.8 Å². The Labute approximate surface area is 154 Å². The SMILES string of the molecule is CN(C)C(=O)c1ccc(CSc2nnc(-c3ccc(F)cc3)n2N)cc1. The highest BCUT2D eigenvalue weighted by atomic mass is 32.2. The van der Waals surface area contributed by atoms with Crippen LogP contribution in [0, 0.1) is 5.82 Å². The van der Waals surface area contributed by atoms with Crippen molar-refractivity contribution in [1.29, 1.82) is 0 Å². The molecule has 6 nitrogen and oxygen atoms in total. The van der Waals surface area contributed by atoms with E-state index in [1.54, 1.807) is 38.4 Å². The van der Waals surface area contributed by atoms with Crippen molar-refractivity contribution >= 4 is 17.7 Å². The number of carbonyl (C=O) groups is 1. The molecule has 0 unspecified atom stereocenters. The van der Waals surface area contributed by atoms with Crippen LogP contribution in [-0.4, -0.2) is 39.8 Å². The Balaban J connectivity index is 1.69. The van der Waals surface area contributed by atoms with Crippen LogP contribution >= 0.6 is 11.8 Å². The van der Waals surface area contributed by atoms with Gasteiger partial charge in [0.05, 0.1) is 0 Å². The van der Waals surface area contributed by atoms with Gasteiger partial charge < -0.3 is 10.7 Å². The fourth-order valence-corrected chi connectivity index (χ4v) is 3.13. The third kappa shape index (κ3) is 3.85. The van der Waals surface area contributed by atoms with E-state index in [-0.39, 0.29) is 11.7 Å². The number of nitrogen functional groups attached to an aromatic ring is 1. The molecule has 0 saturated heterocycles. The van der Waals surface area contributed by atoms with E-state index in [1.165, 1.54) is 33.5 Å². The monoisotopic (exact) mass is 371 g/mol. The van der Waals surface area contributed by atoms with Gasteiger partial charge in [-0.15, -0.1) is 10.2 Å². The highest BCUT2D eigenvalue weighted by molar-refractivity contribution is 7.98. The van der Waals surface area contributed by atoms with Crippen LogP contribution in [0.15, 0.2) is 53.7 Å². The number of hydrogen-bond donors (Lipinski definition) is 1. The van der Waals surface area contributed by atoms with Crippen LogP contribution < -0.4 is 5.84 Å². The number of nitrogens with zero attached hydrogens (tertiary/aromatic N) is 4. The largest absolute Gasteiger partial charge is 0.345 e. The number of aromatic nitrogens is 3. The van der Waals surface area contributed by atoms with Crippen molar-refractivity contribution in [2.24, 2.45) is 0 Å². The average Bonchev–Trinajstić information content (AvgIpc) is 3.01. The van der Waals surface area contributed by atoms with Crippen LogP contribution in [0.25, 0.3) is 11.4 Å². The van der Waals surface area contributed by atoms with Crippen molar-refractivity contribution in [3.05, 3.63) is 65.5 Å². The smallest absolute Gasteiger partial charge is 0.253 e. The zero-order valence-electron chi connectivity index (χ0n) is 14.4. The Morgan fingerprint density at radius 1 is 1.12 bits per heavy atom. The number of halogens is 1. The molecular formula is C18H18FN5OS. The van der Waals surface area contributed by atoms with E-state index in [0.717, 1.165) is 5.56 Å². The lowest BCUT2D eigenvalue weighted by molar-refractivity contribution is 0.0827. The fourth-order valence-electron chi connectivity index (χ4n) is 2.32. The molecule has 2 N–H and O–H groups in total. The van der Waals surface area contributed by atoms with E-state index < -0.39 is 0 Å². The van der Waals surface area contributed by atoms with Crippen molar-refractivity contribution in [3.63, 3.8) is 0 Å². The standard InChI is InChI=1S/C18H18FN5OS/c1-23(2)17(25)14-5-3-12(4-6-14)11-26-18-22-21-16(24(18)20)13-7-9-15(19)10-8-13/h3-10H,11,20H2,1-2H3. The maximum atomic E-state index is 13.0. The number of amides is 1. The van der Waals surface area contributed by atoms with Gasteiger partial charge >= 0.3 is 0 Å². The molecule has 0 radical (unpaired) electrons. The topological polar surface area (TPSA) is 77.0 Å². The van der Waals surface area contributed by atoms with Crippen molar-refractivity contribution in [2.45, 2.75) is 10.9 Å². The summed E-state index contributed by atoms with van der Waals surface area (Å²) in [7, 11) is 3.44. The number of benzene rings is 2. The normalized spacial score (nSPS) is 10.7. The number of nitrogens with two attached hydrogens (primary N) is 1. The lowest BCUT2D eigenvalue weighted by Gasteiger charge is -2.10. The van der Waals surface area contributed by atoms with Gasteiger partial charge in [0, 0.05) is 31.0 Å². The Morgan fingerprint density at radius 2 is 1.77 bits per heavy atom. The van der Waals surface area contributed by atoms with Gasteiger partial charge in [0.25, 0.3) is 5.91 Å². The lowest BCUT2D eigenvalue weighted by atomic mass is 10.1. The maximum absolute atomic E-state index is 13.0. The predicted octanol–water partition coefficient (Wildman–Crippen LogP) is 2.79. The summed E-state index contributed by atoms with van der Waals surface area (Å²) in [5, 5.41) is 8.73. The molecule has 2 aromatic carbocycles. The first-order valence-corrected chi connectivity index (χ1v) is 8.84. The molecule has 3 rings (SSSR count). The summed E-state index contributed by atoms with van der Waals surface area (Å²) >= 11 is 1.43. The first-order chi connectivity index (χ1) is 12.5. The molecule has 1 amide bonds. The van der Waals surface area contributed by atoms with E-state index in [1.807, 2.05) is 12.1 Å². The summed E-state index contributed by atoms with van der Waals surface area (Å²) in [4.78, 5) is 13.4. The van der Waals surface area contributed by atoms with E-state index in [0.29, 0.717) is 27.9 Å². The van der Waals surface area contributed by atoms with Gasteiger partial charge in [-0.05, 0) is 42.0 Å². The molecule has 1 aromatic heterocycles. The first kappa shape index (κ1) is 17.9. The number of thioether (sulfide) groups is 1. The minimum atomic E-state index is -0.317. The van der Waals surface area contributed by atoms with Gasteiger partial charge in [0.15, 0.2) is 5.82 Å². The van der Waals surface area contributed by atoms with Crippen LogP contribution in [0.2, 0.25) is 0 Å². The van der Waals surface area contributed by atoms with Gasteiger partial charge in [-0.2, -0.15) is 0 Å². The average molecular weight is 371 g/mol. The second kappa shape index (κ2) is 7.57. The number of rotatable bonds is 5. The van der Waals surface area contributed by atoms with E-state index in [2.05, 4.69) is 10.2 Å². The van der Waals surface area contributed by atoms with E-state index in [4.69, 9.17) is 5.84 Å². The minimum absolute atomic E-state index is 0.0326. The molecule has 1 heterocycles. The molecular weight excluding hydrogens is 353 g/mol. The second-order valence-corrected chi connectivity index (χ2v) is 6.81. The summed E-state index contributed by atoms with van der Waals surface area (Å²) < 4.78 is 14.4. The third-order valence-electron chi connectivity index (χ3n) is 3.74. The van der Waals surface area contributed by atoms with Crippen LogP contribution in [0.1, 0.15) is 15.9 Å². The highest BCUT2D eigenvalue weighted by Crippen LogP contribution is 2.24. The van der Waals surface area contributed by atoms with Crippen LogP contribution in [0.3, 0.4) is 0 Å². The van der Waals surface area contributed by atoms with Crippen molar-refractivity contribution in [3.8, 4) is 11.4 Å². The van der Waals surface area contributed by atoms with Crippen LogP contribution in [-0.2, 0) is 5.75 Å². The Hall–Kier alpha value is -2.87. The van der Waals surface area contributed by atoms with E-state index in [9.17, 15) is 9.18 Å². The van der Waals surface area contributed by atoms with E-state index >= 15 is 0 Å². The summed E-state index contributed by atoms with van der Waals surface area (Å²) in [6, 6.07) is 13.3. The molecule has 26 heavy (non-hydrogen) atoms. The zero-order valence-corrected chi connectivity index (χ0v) is 15.2. The molecule has 0 bridgehead atoms. The highest BCUT2D eigenvalue weighted by Gasteiger charge is 2.13. The molecule has 0 saturated carbocycles. The molecule has 0 atom stereocenters. The van der Waals surface area contributed by atoms with Crippen LogP contribution in [0.5, 0.6) is 0 Å². The molecule has 0 fully saturated rings. The molecule has 8 heteroatoms. The molecule has 0 aliphatic carbocycles. The van der Waals surface area contributed by atoms with Crippen molar-refractivity contribution in [2.75, 3.05) is 19.9 Å². The van der Waals surface area contributed by atoms with Gasteiger partial charge in [-0.25, -0.2) is 9.07 Å². The van der Waals surface area contributed by atoms with Gasteiger partial charge in [-0.3, -0.25) is 4.79 Å². The number of hydrogen-bond acceptors (Lipinski definition) is 5. The second-order valence-electron chi connectivity index (χ2n) is 5.87. The quantitative estimate of drug-likeness (QED) is 0.551. The van der Waals surface area contributed by atoms with Gasteiger partial charge in [-0.1, -0.05) is 23.9 Å². The lowest BCUT2D eigenvalue weighted by Crippen LogP contribution is -2.21. The Kier molecular flexibility index (Phi) is 5.22. The molecule has 0 aliphatic heterocycles. The minimum Gasteiger partial charge on any atom is -0.345 e. The van der Waals surface area contributed by atoms with Crippen molar-refractivity contribution < 1.29 is 9.18 Å². The first-order valence-electron chi connectivity index (χ1n) is 7.85. The predicted molar refractivity (Wildman–Crippen MR) is 99.6 cm³/mol. The Morgan fingerprint density at radius 3 is 2.38 bits per heavy atom. The summed E-state index contributed by atoms with van der Waals surface area (Å²) in [5.74, 6) is 6.82. The third-order valence-corrected chi connectivity index (χ3v) is 4.76. The molecule has 134 valence electrons.